The fraction of sp³-hybridized carbons (Fsp3) is 0.562. The van der Waals surface area contributed by atoms with Gasteiger partial charge in [-0.25, -0.2) is 9.67 Å². The quantitative estimate of drug-likeness (QED) is 0.938. The van der Waals surface area contributed by atoms with Crippen molar-refractivity contribution >= 4 is 16.9 Å². The topological polar surface area (TPSA) is 77.0 Å². The van der Waals surface area contributed by atoms with Crippen LogP contribution in [0.5, 0.6) is 0 Å². The molecule has 3 heterocycles. The highest BCUT2D eigenvalue weighted by Crippen LogP contribution is 2.29. The summed E-state index contributed by atoms with van der Waals surface area (Å²) in [5.41, 5.74) is 7.29. The molecule has 0 aliphatic carbocycles. The van der Waals surface area contributed by atoms with Crippen LogP contribution in [0, 0.1) is 5.41 Å². The van der Waals surface area contributed by atoms with E-state index in [2.05, 4.69) is 30.9 Å². The summed E-state index contributed by atoms with van der Waals surface area (Å²) < 4.78 is 1.87. The van der Waals surface area contributed by atoms with E-state index in [1.165, 1.54) is 0 Å². The van der Waals surface area contributed by atoms with Crippen LogP contribution in [0.3, 0.4) is 0 Å². The van der Waals surface area contributed by atoms with Crippen molar-refractivity contribution in [1.82, 2.24) is 19.7 Å². The van der Waals surface area contributed by atoms with Gasteiger partial charge in [0.25, 0.3) is 5.91 Å². The van der Waals surface area contributed by atoms with Gasteiger partial charge in [-0.1, -0.05) is 6.92 Å². The van der Waals surface area contributed by atoms with Crippen LogP contribution in [0.2, 0.25) is 0 Å². The monoisotopic (exact) mass is 301 g/mol. The maximum absolute atomic E-state index is 12.7. The van der Waals surface area contributed by atoms with E-state index in [0.717, 1.165) is 24.0 Å². The van der Waals surface area contributed by atoms with E-state index in [9.17, 15) is 4.79 Å². The van der Waals surface area contributed by atoms with Crippen molar-refractivity contribution in [3.8, 4) is 0 Å². The second kappa shape index (κ2) is 5.35. The van der Waals surface area contributed by atoms with Gasteiger partial charge in [0.1, 0.15) is 0 Å². The Morgan fingerprint density at radius 3 is 2.86 bits per heavy atom. The molecule has 2 aromatic heterocycles. The molecule has 6 nitrogen and oxygen atoms in total. The SMILES string of the molecule is CC(C)n1ncc2cc(C(=O)N3CCC(C)(CN)C3)cnc21. The summed E-state index contributed by atoms with van der Waals surface area (Å²) >= 11 is 0. The number of aromatic nitrogens is 3. The largest absolute Gasteiger partial charge is 0.338 e. The number of nitrogens with two attached hydrogens (primary N) is 1. The van der Waals surface area contributed by atoms with Gasteiger partial charge in [0.05, 0.1) is 11.8 Å². The highest BCUT2D eigenvalue weighted by molar-refractivity contribution is 5.97. The number of hydrogen-bond donors (Lipinski definition) is 1. The fourth-order valence-electron chi connectivity index (χ4n) is 2.98. The Kier molecular flexibility index (Phi) is 3.64. The van der Waals surface area contributed by atoms with Gasteiger partial charge in [0, 0.05) is 30.7 Å². The second-order valence-corrected chi connectivity index (χ2v) is 6.81. The van der Waals surface area contributed by atoms with Crippen molar-refractivity contribution < 1.29 is 4.79 Å². The molecule has 1 amide bonds. The first kappa shape index (κ1) is 15.0. The minimum atomic E-state index is 0.0314. The van der Waals surface area contributed by atoms with Crippen molar-refractivity contribution in [2.45, 2.75) is 33.2 Å². The maximum atomic E-state index is 12.7. The molecular formula is C16H23N5O. The molecule has 1 atom stereocenters. The Labute approximate surface area is 130 Å². The number of hydrogen-bond acceptors (Lipinski definition) is 4. The Morgan fingerprint density at radius 2 is 2.23 bits per heavy atom. The second-order valence-electron chi connectivity index (χ2n) is 6.81. The number of carbonyl (C=O) groups is 1. The fourth-order valence-corrected chi connectivity index (χ4v) is 2.98. The van der Waals surface area contributed by atoms with Crippen LogP contribution in [-0.2, 0) is 0 Å². The lowest BCUT2D eigenvalue weighted by Crippen LogP contribution is -2.34. The van der Waals surface area contributed by atoms with Gasteiger partial charge in [0.2, 0.25) is 0 Å². The third-order valence-corrected chi connectivity index (χ3v) is 4.51. The van der Waals surface area contributed by atoms with Crippen molar-refractivity contribution in [2.24, 2.45) is 11.1 Å². The number of fused-ring (bicyclic) bond motifs is 1. The summed E-state index contributed by atoms with van der Waals surface area (Å²) in [6.45, 7) is 8.33. The van der Waals surface area contributed by atoms with Crippen LogP contribution in [0.25, 0.3) is 11.0 Å². The molecule has 1 unspecified atom stereocenters. The molecule has 1 aliphatic heterocycles. The van der Waals surface area contributed by atoms with Crippen LogP contribution in [0.4, 0.5) is 0 Å². The van der Waals surface area contributed by atoms with E-state index in [1.54, 1.807) is 12.4 Å². The number of amides is 1. The molecule has 0 saturated carbocycles. The van der Waals surface area contributed by atoms with Crippen LogP contribution in [0.15, 0.2) is 18.5 Å². The van der Waals surface area contributed by atoms with E-state index in [4.69, 9.17) is 5.73 Å². The zero-order valence-electron chi connectivity index (χ0n) is 13.4. The van der Waals surface area contributed by atoms with Gasteiger partial charge in [-0.15, -0.1) is 0 Å². The lowest BCUT2D eigenvalue weighted by molar-refractivity contribution is 0.0776. The molecule has 0 bridgehead atoms. The number of rotatable bonds is 3. The molecule has 2 N–H and O–H groups in total. The number of nitrogens with zero attached hydrogens (tertiary/aromatic N) is 4. The van der Waals surface area contributed by atoms with Gasteiger partial charge in [-0.3, -0.25) is 4.79 Å². The first-order valence-electron chi connectivity index (χ1n) is 7.76. The molecule has 3 rings (SSSR count). The van der Waals surface area contributed by atoms with Crippen molar-refractivity contribution in [2.75, 3.05) is 19.6 Å². The average molecular weight is 301 g/mol. The van der Waals surface area contributed by atoms with Gasteiger partial charge < -0.3 is 10.6 Å². The minimum absolute atomic E-state index is 0.0314. The molecule has 6 heteroatoms. The molecule has 118 valence electrons. The maximum Gasteiger partial charge on any atom is 0.255 e. The molecule has 22 heavy (non-hydrogen) atoms. The van der Waals surface area contributed by atoms with Gasteiger partial charge in [-0.05, 0) is 38.3 Å². The van der Waals surface area contributed by atoms with E-state index in [-0.39, 0.29) is 17.4 Å². The Hall–Kier alpha value is -1.95. The average Bonchev–Trinajstić information content (AvgIpc) is 3.10. The van der Waals surface area contributed by atoms with E-state index >= 15 is 0 Å². The van der Waals surface area contributed by atoms with Gasteiger partial charge in [0.15, 0.2) is 5.65 Å². The van der Waals surface area contributed by atoms with Crippen molar-refractivity contribution in [3.63, 3.8) is 0 Å². The smallest absolute Gasteiger partial charge is 0.255 e. The summed E-state index contributed by atoms with van der Waals surface area (Å²) in [6.07, 6.45) is 4.38. The zero-order chi connectivity index (χ0) is 15.9. The molecule has 0 aromatic carbocycles. The lowest BCUT2D eigenvalue weighted by Gasteiger charge is -2.22. The molecule has 1 aliphatic rings. The summed E-state index contributed by atoms with van der Waals surface area (Å²) in [6, 6.07) is 2.13. The van der Waals surface area contributed by atoms with Crippen LogP contribution in [-0.4, -0.2) is 45.2 Å². The number of carbonyl (C=O) groups excluding carboxylic acids is 1. The minimum Gasteiger partial charge on any atom is -0.338 e. The molecule has 0 spiro atoms. The van der Waals surface area contributed by atoms with E-state index in [1.807, 2.05) is 15.6 Å². The lowest BCUT2D eigenvalue weighted by atomic mass is 9.90. The van der Waals surface area contributed by atoms with Crippen LogP contribution in [0.1, 0.15) is 43.6 Å². The predicted octanol–water partition coefficient (Wildman–Crippen LogP) is 1.82. The molecule has 1 saturated heterocycles. The summed E-state index contributed by atoms with van der Waals surface area (Å²) in [5, 5.41) is 5.24. The Morgan fingerprint density at radius 1 is 1.45 bits per heavy atom. The van der Waals surface area contributed by atoms with Crippen molar-refractivity contribution in [3.05, 3.63) is 24.0 Å². The normalized spacial score (nSPS) is 22.0. The number of pyridine rings is 1. The van der Waals surface area contributed by atoms with E-state index < -0.39 is 0 Å². The summed E-state index contributed by atoms with van der Waals surface area (Å²) in [4.78, 5) is 19.0. The molecule has 0 radical (unpaired) electrons. The molecule has 1 fully saturated rings. The van der Waals surface area contributed by atoms with Gasteiger partial charge >= 0.3 is 0 Å². The predicted molar refractivity (Wildman–Crippen MR) is 85.6 cm³/mol. The summed E-state index contributed by atoms with van der Waals surface area (Å²) in [7, 11) is 0. The standard InChI is InChI=1S/C16H23N5O/c1-11(2)21-14-12(8-19-21)6-13(7-18-14)15(22)20-5-4-16(3,9-17)10-20/h6-8,11H,4-5,9-10,17H2,1-3H3. The van der Waals surface area contributed by atoms with Crippen molar-refractivity contribution in [1.29, 1.82) is 0 Å². The summed E-state index contributed by atoms with van der Waals surface area (Å²) in [5.74, 6) is 0.0314. The van der Waals surface area contributed by atoms with Crippen LogP contribution < -0.4 is 5.73 Å². The highest BCUT2D eigenvalue weighted by Gasteiger charge is 2.35. The first-order chi connectivity index (χ1) is 10.4. The highest BCUT2D eigenvalue weighted by atomic mass is 16.2. The molecule has 2 aromatic rings. The number of likely N-dealkylation sites (tertiary alicyclic amines) is 1. The van der Waals surface area contributed by atoms with Crippen LogP contribution >= 0.6 is 0 Å². The molecular weight excluding hydrogens is 278 g/mol. The van der Waals surface area contributed by atoms with E-state index in [0.29, 0.717) is 18.7 Å². The Balaban J connectivity index is 1.86. The third-order valence-electron chi connectivity index (χ3n) is 4.51. The van der Waals surface area contributed by atoms with Gasteiger partial charge in [-0.2, -0.15) is 5.10 Å². The zero-order valence-corrected chi connectivity index (χ0v) is 13.4. The Bertz CT molecular complexity index is 708. The first-order valence-corrected chi connectivity index (χ1v) is 7.76. The third kappa shape index (κ3) is 2.47.